The summed E-state index contributed by atoms with van der Waals surface area (Å²) in [7, 11) is 0. The van der Waals surface area contributed by atoms with Crippen molar-refractivity contribution in [2.45, 2.75) is 50.6 Å². The van der Waals surface area contributed by atoms with Gasteiger partial charge in [0.1, 0.15) is 11.6 Å². The van der Waals surface area contributed by atoms with E-state index in [1.165, 1.54) is 18.4 Å². The predicted molar refractivity (Wildman–Crippen MR) is 103 cm³/mol. The highest BCUT2D eigenvalue weighted by molar-refractivity contribution is 7.12. The van der Waals surface area contributed by atoms with E-state index in [0.29, 0.717) is 11.8 Å². The largest absolute Gasteiger partial charge is 0.338 e. The van der Waals surface area contributed by atoms with Crippen LogP contribution < -0.4 is 5.32 Å². The highest BCUT2D eigenvalue weighted by Crippen LogP contribution is 2.43. The van der Waals surface area contributed by atoms with Gasteiger partial charge in [-0.1, -0.05) is 0 Å². The quantitative estimate of drug-likeness (QED) is 0.870. The lowest BCUT2D eigenvalue weighted by atomic mass is 9.95. The Kier molecular flexibility index (Phi) is 5.03. The fraction of sp³-hybridized carbons (Fsp3) is 0.611. The fourth-order valence-electron chi connectivity index (χ4n) is 4.11. The van der Waals surface area contributed by atoms with E-state index in [-0.39, 0.29) is 18.3 Å². The summed E-state index contributed by atoms with van der Waals surface area (Å²) in [4.78, 5) is 16.0. The summed E-state index contributed by atoms with van der Waals surface area (Å²) < 4.78 is 2.28. The van der Waals surface area contributed by atoms with Crippen molar-refractivity contribution in [3.8, 4) is 0 Å². The lowest BCUT2D eigenvalue weighted by Gasteiger charge is -2.32. The fourth-order valence-corrected chi connectivity index (χ4v) is 5.06. The van der Waals surface area contributed by atoms with Crippen molar-refractivity contribution < 1.29 is 4.79 Å². The van der Waals surface area contributed by atoms with Gasteiger partial charge in [-0.05, 0) is 48.6 Å². The van der Waals surface area contributed by atoms with Crippen LogP contribution in [0.25, 0.3) is 0 Å². The molecule has 8 heteroatoms. The van der Waals surface area contributed by atoms with E-state index in [1.807, 2.05) is 4.90 Å². The van der Waals surface area contributed by atoms with Gasteiger partial charge in [0.05, 0.1) is 11.4 Å². The molecule has 0 spiro atoms. The normalized spacial score (nSPS) is 20.5. The molecule has 1 N–H and O–H groups in total. The molecule has 5 rings (SSSR count). The number of carbonyl (C=O) groups is 1. The zero-order valence-corrected chi connectivity index (χ0v) is 16.3. The summed E-state index contributed by atoms with van der Waals surface area (Å²) in [5.41, 5.74) is 1.29. The smallest absolute Gasteiger partial charge is 0.264 e. The Bertz CT molecular complexity index is 791. The molecule has 140 valence electrons. The maximum absolute atomic E-state index is 12.9. The number of likely N-dealkylation sites (tertiary alicyclic amines) is 1. The van der Waals surface area contributed by atoms with Crippen LogP contribution in [0.1, 0.15) is 64.4 Å². The van der Waals surface area contributed by atoms with Gasteiger partial charge in [-0.2, -0.15) is 0 Å². The maximum atomic E-state index is 12.9. The van der Waals surface area contributed by atoms with Crippen molar-refractivity contribution in [3.63, 3.8) is 0 Å². The molecule has 0 aromatic carbocycles. The van der Waals surface area contributed by atoms with E-state index in [0.717, 1.165) is 62.1 Å². The molecule has 1 aliphatic carbocycles. The van der Waals surface area contributed by atoms with Crippen LogP contribution in [-0.4, -0.2) is 45.2 Å². The molecule has 2 aromatic rings. The molecule has 0 unspecified atom stereocenters. The monoisotopic (exact) mass is 393 g/mol. The van der Waals surface area contributed by atoms with Crippen LogP contribution in [0.3, 0.4) is 0 Å². The minimum Gasteiger partial charge on any atom is -0.338 e. The number of carbonyl (C=O) groups excluding carboxylic acids is 1. The highest BCUT2D eigenvalue weighted by Gasteiger charge is 2.33. The van der Waals surface area contributed by atoms with Gasteiger partial charge in [0.15, 0.2) is 0 Å². The summed E-state index contributed by atoms with van der Waals surface area (Å²) in [6.45, 7) is 4.40. The van der Waals surface area contributed by atoms with Crippen LogP contribution in [-0.2, 0) is 13.1 Å². The van der Waals surface area contributed by atoms with Gasteiger partial charge >= 0.3 is 0 Å². The van der Waals surface area contributed by atoms with E-state index in [2.05, 4.69) is 31.5 Å². The molecule has 6 nitrogen and oxygen atoms in total. The predicted octanol–water partition coefficient (Wildman–Crippen LogP) is 2.76. The van der Waals surface area contributed by atoms with Crippen molar-refractivity contribution in [3.05, 3.63) is 33.5 Å². The van der Waals surface area contributed by atoms with Crippen molar-refractivity contribution in [1.29, 1.82) is 0 Å². The number of piperidine rings is 1. The molecular formula is C18H24ClN5OS. The molecule has 1 amide bonds. The number of amides is 1. The van der Waals surface area contributed by atoms with Gasteiger partial charge in [0.25, 0.3) is 5.91 Å². The van der Waals surface area contributed by atoms with Gasteiger partial charge in [-0.3, -0.25) is 4.79 Å². The van der Waals surface area contributed by atoms with E-state index in [9.17, 15) is 4.79 Å². The van der Waals surface area contributed by atoms with Crippen LogP contribution in [0.2, 0.25) is 0 Å². The number of nitrogens with zero attached hydrogens (tertiary/aromatic N) is 4. The molecule has 26 heavy (non-hydrogen) atoms. The van der Waals surface area contributed by atoms with Crippen LogP contribution >= 0.6 is 23.7 Å². The number of nitrogens with one attached hydrogen (secondary N) is 1. The first kappa shape index (κ1) is 17.9. The van der Waals surface area contributed by atoms with Gasteiger partial charge in [0, 0.05) is 32.1 Å². The van der Waals surface area contributed by atoms with Crippen molar-refractivity contribution in [2.75, 3.05) is 19.6 Å². The number of aromatic nitrogens is 3. The third-order valence-corrected chi connectivity index (χ3v) is 6.62. The third-order valence-electron chi connectivity index (χ3n) is 5.71. The number of fused-ring (bicyclic) bond motifs is 1. The van der Waals surface area contributed by atoms with Gasteiger partial charge < -0.3 is 14.8 Å². The molecule has 2 aromatic heterocycles. The zero-order chi connectivity index (χ0) is 16.8. The van der Waals surface area contributed by atoms with Crippen LogP contribution in [0.5, 0.6) is 0 Å². The number of hydrogen-bond donors (Lipinski definition) is 1. The van der Waals surface area contributed by atoms with Crippen LogP contribution in [0, 0.1) is 0 Å². The number of rotatable bonds is 3. The summed E-state index contributed by atoms with van der Waals surface area (Å²) in [6, 6.07) is 2.15. The average Bonchev–Trinajstić information content (AvgIpc) is 3.23. The molecule has 1 saturated carbocycles. The number of hydrogen-bond acceptors (Lipinski definition) is 5. The highest BCUT2D eigenvalue weighted by atomic mass is 35.5. The molecule has 2 aliphatic heterocycles. The van der Waals surface area contributed by atoms with Crippen molar-refractivity contribution in [1.82, 2.24) is 25.0 Å². The molecule has 2 fully saturated rings. The first-order valence-electron chi connectivity index (χ1n) is 9.30. The zero-order valence-electron chi connectivity index (χ0n) is 14.7. The van der Waals surface area contributed by atoms with Gasteiger partial charge in [-0.15, -0.1) is 33.9 Å². The van der Waals surface area contributed by atoms with Crippen LogP contribution in [0.4, 0.5) is 0 Å². The summed E-state index contributed by atoms with van der Waals surface area (Å²) in [5.74, 6) is 3.47. The number of halogens is 1. The van der Waals surface area contributed by atoms with Gasteiger partial charge in [-0.25, -0.2) is 0 Å². The van der Waals surface area contributed by atoms with E-state index >= 15 is 0 Å². The first-order valence-corrected chi connectivity index (χ1v) is 10.2. The first-order chi connectivity index (χ1) is 12.3. The minimum absolute atomic E-state index is 0. The molecular weight excluding hydrogens is 370 g/mol. The average molecular weight is 394 g/mol. The maximum Gasteiger partial charge on any atom is 0.264 e. The summed E-state index contributed by atoms with van der Waals surface area (Å²) >= 11 is 1.61. The molecule has 1 saturated heterocycles. The Morgan fingerprint density at radius 1 is 1.12 bits per heavy atom. The third kappa shape index (κ3) is 3.17. The second-order valence-electron chi connectivity index (χ2n) is 7.35. The summed E-state index contributed by atoms with van der Waals surface area (Å²) in [5, 5.41) is 14.2. The number of thiophene rings is 1. The topological polar surface area (TPSA) is 63.1 Å². The Morgan fingerprint density at radius 3 is 2.69 bits per heavy atom. The molecule has 0 atom stereocenters. The SMILES string of the molecule is Cl.O=C(c1sccc1C1CC1)N1CCC(c2nnc3n2CCNC3)CC1. The standard InChI is InChI=1S/C18H23N5OS.ClH/c24-18(16-14(5-10-25-16)12-1-2-12)22-7-3-13(4-8-22)17-21-20-15-11-19-6-9-23(15)17;/h5,10,12-13,19H,1-4,6-9,11H2;1H. The van der Waals surface area contributed by atoms with Crippen molar-refractivity contribution in [2.24, 2.45) is 0 Å². The summed E-state index contributed by atoms with van der Waals surface area (Å²) in [6.07, 6.45) is 4.46. The van der Waals surface area contributed by atoms with Gasteiger partial charge in [0.2, 0.25) is 0 Å². The van der Waals surface area contributed by atoms with E-state index in [1.54, 1.807) is 11.3 Å². The van der Waals surface area contributed by atoms with E-state index in [4.69, 9.17) is 0 Å². The second kappa shape index (κ2) is 7.29. The Morgan fingerprint density at radius 2 is 1.92 bits per heavy atom. The van der Waals surface area contributed by atoms with Crippen molar-refractivity contribution >= 4 is 29.7 Å². The van der Waals surface area contributed by atoms with Crippen LogP contribution in [0.15, 0.2) is 11.4 Å². The minimum atomic E-state index is 0. The Balaban J connectivity index is 0.00000168. The van der Waals surface area contributed by atoms with E-state index < -0.39 is 0 Å². The molecule has 0 bridgehead atoms. The molecule has 3 aliphatic rings. The Hall–Kier alpha value is -1.44. The lowest BCUT2D eigenvalue weighted by molar-refractivity contribution is 0.0714. The Labute approximate surface area is 163 Å². The second-order valence-corrected chi connectivity index (χ2v) is 8.26. The lowest BCUT2D eigenvalue weighted by Crippen LogP contribution is -2.38. The molecule has 4 heterocycles. The molecule has 0 radical (unpaired) electrons.